The Kier molecular flexibility index (Phi) is 4.18. The van der Waals surface area contributed by atoms with Gasteiger partial charge in [-0.05, 0) is 50.2 Å². The summed E-state index contributed by atoms with van der Waals surface area (Å²) in [5.41, 5.74) is 5.91. The Balaban J connectivity index is 1.60. The van der Waals surface area contributed by atoms with Gasteiger partial charge in [-0.25, -0.2) is 0 Å². The third-order valence-corrected chi connectivity index (χ3v) is 5.37. The monoisotopic (exact) mass is 213 g/mol. The number of thioether (sulfide) groups is 1. The minimum absolute atomic E-state index is 0.512. The molecule has 0 aromatic carbocycles. The van der Waals surface area contributed by atoms with E-state index < -0.39 is 0 Å². The summed E-state index contributed by atoms with van der Waals surface area (Å²) in [4.78, 5) is 0. The van der Waals surface area contributed by atoms with Gasteiger partial charge < -0.3 is 5.73 Å². The normalized spacial score (nSPS) is 34.9. The Hall–Kier alpha value is 0.310. The van der Waals surface area contributed by atoms with Gasteiger partial charge in [-0.15, -0.1) is 0 Å². The second-order valence-electron chi connectivity index (χ2n) is 5.02. The first-order chi connectivity index (χ1) is 6.84. The Morgan fingerprint density at radius 2 is 1.57 bits per heavy atom. The van der Waals surface area contributed by atoms with Gasteiger partial charge in [-0.3, -0.25) is 0 Å². The molecule has 0 radical (unpaired) electrons. The first-order valence-electron chi connectivity index (χ1n) is 6.22. The van der Waals surface area contributed by atoms with Crippen LogP contribution >= 0.6 is 11.8 Å². The van der Waals surface area contributed by atoms with Crippen LogP contribution in [0.4, 0.5) is 0 Å². The summed E-state index contributed by atoms with van der Waals surface area (Å²) in [5.74, 6) is 2.48. The Labute approximate surface area is 92.2 Å². The highest BCUT2D eigenvalue weighted by Crippen LogP contribution is 2.33. The first-order valence-corrected chi connectivity index (χ1v) is 7.26. The van der Waals surface area contributed by atoms with Crippen LogP contribution in [-0.2, 0) is 0 Å². The molecule has 1 nitrogen and oxygen atoms in total. The summed E-state index contributed by atoms with van der Waals surface area (Å²) in [6.45, 7) is 0. The smallest absolute Gasteiger partial charge is 0.00483 e. The largest absolute Gasteiger partial charge is 0.328 e. The van der Waals surface area contributed by atoms with Crippen molar-refractivity contribution in [2.45, 2.75) is 62.7 Å². The van der Waals surface area contributed by atoms with Crippen LogP contribution in [0.15, 0.2) is 0 Å². The van der Waals surface area contributed by atoms with Crippen LogP contribution in [0.3, 0.4) is 0 Å². The fourth-order valence-corrected chi connectivity index (χ4v) is 4.19. The third kappa shape index (κ3) is 3.16. The molecule has 2 fully saturated rings. The lowest BCUT2D eigenvalue weighted by Crippen LogP contribution is -2.27. The van der Waals surface area contributed by atoms with Crippen molar-refractivity contribution >= 4 is 11.8 Å². The lowest BCUT2D eigenvalue weighted by Gasteiger charge is -2.26. The molecule has 0 aromatic rings. The molecule has 2 saturated carbocycles. The molecule has 2 N–H and O–H groups in total. The highest BCUT2D eigenvalue weighted by atomic mass is 32.2. The van der Waals surface area contributed by atoms with E-state index in [0.29, 0.717) is 6.04 Å². The van der Waals surface area contributed by atoms with Gasteiger partial charge in [0.2, 0.25) is 0 Å². The van der Waals surface area contributed by atoms with Crippen molar-refractivity contribution in [1.29, 1.82) is 0 Å². The highest BCUT2D eigenvalue weighted by Gasteiger charge is 2.21. The second-order valence-corrected chi connectivity index (χ2v) is 6.35. The molecule has 0 aromatic heterocycles. The molecule has 0 amide bonds. The van der Waals surface area contributed by atoms with Crippen molar-refractivity contribution in [3.8, 4) is 0 Å². The summed E-state index contributed by atoms with van der Waals surface area (Å²) in [6.07, 6.45) is 11.3. The van der Waals surface area contributed by atoms with E-state index in [4.69, 9.17) is 5.73 Å². The van der Waals surface area contributed by atoms with Crippen LogP contribution in [0.25, 0.3) is 0 Å². The summed E-state index contributed by atoms with van der Waals surface area (Å²) in [7, 11) is 0. The molecule has 2 aliphatic carbocycles. The van der Waals surface area contributed by atoms with Gasteiger partial charge in [0.1, 0.15) is 0 Å². The summed E-state index contributed by atoms with van der Waals surface area (Å²) in [6, 6.07) is 0.512. The number of hydrogen-bond donors (Lipinski definition) is 1. The highest BCUT2D eigenvalue weighted by molar-refractivity contribution is 7.99. The molecule has 0 bridgehead atoms. The van der Waals surface area contributed by atoms with E-state index in [1.165, 1.54) is 57.1 Å². The van der Waals surface area contributed by atoms with E-state index in [-0.39, 0.29) is 0 Å². The lowest BCUT2D eigenvalue weighted by molar-refractivity contribution is 0.450. The maximum Gasteiger partial charge on any atom is 0.00483 e. The molecule has 0 saturated heterocycles. The SMILES string of the molecule is NC1CCC(SCC2CCCC2)CC1. The number of nitrogens with two attached hydrogens (primary N) is 1. The minimum atomic E-state index is 0.512. The molecular formula is C12H23NS. The first kappa shape index (κ1) is 10.8. The van der Waals surface area contributed by atoms with E-state index in [2.05, 4.69) is 11.8 Å². The molecule has 2 aliphatic rings. The van der Waals surface area contributed by atoms with Crippen LogP contribution in [0, 0.1) is 5.92 Å². The predicted octanol–water partition coefficient (Wildman–Crippen LogP) is 3.18. The fourth-order valence-electron chi connectivity index (χ4n) is 2.70. The van der Waals surface area contributed by atoms with E-state index in [0.717, 1.165) is 11.2 Å². The molecule has 82 valence electrons. The minimum Gasteiger partial charge on any atom is -0.328 e. The topological polar surface area (TPSA) is 26.0 Å². The van der Waals surface area contributed by atoms with Gasteiger partial charge in [-0.1, -0.05) is 12.8 Å². The van der Waals surface area contributed by atoms with Gasteiger partial charge in [0, 0.05) is 11.3 Å². The van der Waals surface area contributed by atoms with Crippen LogP contribution < -0.4 is 5.73 Å². The fraction of sp³-hybridized carbons (Fsp3) is 1.00. The summed E-state index contributed by atoms with van der Waals surface area (Å²) < 4.78 is 0. The van der Waals surface area contributed by atoms with Crippen LogP contribution in [0.2, 0.25) is 0 Å². The van der Waals surface area contributed by atoms with Crippen molar-refractivity contribution in [2.75, 3.05) is 5.75 Å². The Bertz CT molecular complexity index is 158. The Morgan fingerprint density at radius 1 is 0.929 bits per heavy atom. The maximum atomic E-state index is 5.91. The molecule has 0 spiro atoms. The Morgan fingerprint density at radius 3 is 2.21 bits per heavy atom. The number of rotatable bonds is 3. The zero-order valence-corrected chi connectivity index (χ0v) is 9.90. The molecule has 0 heterocycles. The third-order valence-electron chi connectivity index (χ3n) is 3.76. The zero-order valence-electron chi connectivity index (χ0n) is 9.08. The van der Waals surface area contributed by atoms with Gasteiger partial charge in [0.25, 0.3) is 0 Å². The van der Waals surface area contributed by atoms with E-state index in [1.54, 1.807) is 0 Å². The van der Waals surface area contributed by atoms with Gasteiger partial charge in [0.15, 0.2) is 0 Å². The van der Waals surface area contributed by atoms with Gasteiger partial charge in [0.05, 0.1) is 0 Å². The maximum absolute atomic E-state index is 5.91. The molecule has 2 rings (SSSR count). The van der Waals surface area contributed by atoms with Crippen LogP contribution in [0.1, 0.15) is 51.4 Å². The van der Waals surface area contributed by atoms with Crippen molar-refractivity contribution in [2.24, 2.45) is 11.7 Å². The van der Waals surface area contributed by atoms with E-state index in [1.807, 2.05) is 0 Å². The average molecular weight is 213 g/mol. The standard InChI is InChI=1S/C12H23NS/c13-11-5-7-12(8-6-11)14-9-10-3-1-2-4-10/h10-12H,1-9,13H2. The van der Waals surface area contributed by atoms with Crippen molar-refractivity contribution in [1.82, 2.24) is 0 Å². The zero-order chi connectivity index (χ0) is 9.80. The average Bonchev–Trinajstić information content (AvgIpc) is 2.70. The van der Waals surface area contributed by atoms with Crippen molar-refractivity contribution in [3.63, 3.8) is 0 Å². The van der Waals surface area contributed by atoms with Gasteiger partial charge >= 0.3 is 0 Å². The predicted molar refractivity (Wildman–Crippen MR) is 64.6 cm³/mol. The van der Waals surface area contributed by atoms with Crippen molar-refractivity contribution in [3.05, 3.63) is 0 Å². The van der Waals surface area contributed by atoms with Crippen LogP contribution in [-0.4, -0.2) is 17.0 Å². The lowest BCUT2D eigenvalue weighted by atomic mass is 9.96. The van der Waals surface area contributed by atoms with Gasteiger partial charge in [-0.2, -0.15) is 11.8 Å². The number of hydrogen-bond acceptors (Lipinski definition) is 2. The van der Waals surface area contributed by atoms with E-state index in [9.17, 15) is 0 Å². The summed E-state index contributed by atoms with van der Waals surface area (Å²) in [5, 5.41) is 0.940. The molecular weight excluding hydrogens is 190 g/mol. The molecule has 0 unspecified atom stereocenters. The second kappa shape index (κ2) is 5.41. The van der Waals surface area contributed by atoms with Crippen LogP contribution in [0.5, 0.6) is 0 Å². The van der Waals surface area contributed by atoms with E-state index >= 15 is 0 Å². The molecule has 0 atom stereocenters. The van der Waals surface area contributed by atoms with Crippen molar-refractivity contribution < 1.29 is 0 Å². The summed E-state index contributed by atoms with van der Waals surface area (Å²) >= 11 is 2.24. The quantitative estimate of drug-likeness (QED) is 0.779. The molecule has 14 heavy (non-hydrogen) atoms. The molecule has 0 aliphatic heterocycles. The molecule has 2 heteroatoms.